The molecule has 0 spiro atoms. The van der Waals surface area contributed by atoms with Crippen molar-refractivity contribution in [3.8, 4) is 0 Å². The maximum atomic E-state index is 12.2. The zero-order chi connectivity index (χ0) is 21.6. The first-order chi connectivity index (χ1) is 14.2. The lowest BCUT2D eigenvalue weighted by Gasteiger charge is -2.17. The Morgan fingerprint density at radius 1 is 0.759 bits per heavy atom. The molecule has 0 aliphatic heterocycles. The van der Waals surface area contributed by atoms with E-state index in [0.717, 1.165) is 25.7 Å². The molecule has 0 aliphatic carbocycles. The molecule has 0 bridgehead atoms. The number of amides is 1. The third kappa shape index (κ3) is 18.7. The van der Waals surface area contributed by atoms with Crippen molar-refractivity contribution < 1.29 is 14.3 Å². The van der Waals surface area contributed by atoms with Crippen molar-refractivity contribution in [2.75, 3.05) is 13.2 Å². The van der Waals surface area contributed by atoms with Crippen LogP contribution in [0.4, 0.5) is 0 Å². The molecule has 0 radical (unpaired) electrons. The normalized spacial score (nSPS) is 12.0. The molecule has 0 aliphatic rings. The van der Waals surface area contributed by atoms with Gasteiger partial charge >= 0.3 is 5.97 Å². The molecule has 0 rings (SSSR count). The molecule has 0 heterocycles. The average molecular weight is 413 g/mol. The Morgan fingerprint density at radius 2 is 1.28 bits per heavy atom. The first-order valence-corrected chi connectivity index (χ1v) is 12.3. The predicted octanol–water partition coefficient (Wildman–Crippen LogP) is 5.64. The van der Waals surface area contributed by atoms with Gasteiger partial charge in [-0.2, -0.15) is 0 Å². The fraction of sp³-hybridized carbons (Fsp3) is 0.917. The van der Waals surface area contributed by atoms with Crippen molar-refractivity contribution in [2.24, 2.45) is 5.73 Å². The Morgan fingerprint density at radius 3 is 1.76 bits per heavy atom. The molecule has 5 heteroatoms. The number of esters is 1. The summed E-state index contributed by atoms with van der Waals surface area (Å²) in [5.74, 6) is -0.373. The van der Waals surface area contributed by atoms with Gasteiger partial charge in [0.2, 0.25) is 5.91 Å². The van der Waals surface area contributed by atoms with E-state index in [9.17, 15) is 9.59 Å². The first-order valence-electron chi connectivity index (χ1n) is 12.3. The van der Waals surface area contributed by atoms with Gasteiger partial charge in [-0.05, 0) is 39.2 Å². The maximum Gasteiger partial charge on any atom is 0.328 e. The standard InChI is InChI=1S/C24H48N2O3/c1-3-5-6-7-8-9-10-11-12-13-14-15-16-20-23(27)26-22(19-17-18-21-25)24(28)29-4-2/h22H,3-21,25H2,1-2H3,(H,26,27). The van der Waals surface area contributed by atoms with Crippen LogP contribution < -0.4 is 11.1 Å². The quantitative estimate of drug-likeness (QED) is 0.189. The molecule has 0 aromatic carbocycles. The highest BCUT2D eigenvalue weighted by Gasteiger charge is 2.21. The third-order valence-corrected chi connectivity index (χ3v) is 5.36. The lowest BCUT2D eigenvalue weighted by molar-refractivity contribution is -0.147. The van der Waals surface area contributed by atoms with Crippen LogP contribution in [0.25, 0.3) is 0 Å². The van der Waals surface area contributed by atoms with Crippen LogP contribution in [0.2, 0.25) is 0 Å². The van der Waals surface area contributed by atoms with Gasteiger partial charge in [-0.1, -0.05) is 84.0 Å². The lowest BCUT2D eigenvalue weighted by atomic mass is 10.0. The van der Waals surface area contributed by atoms with Crippen LogP contribution in [0.5, 0.6) is 0 Å². The molecule has 1 amide bonds. The topological polar surface area (TPSA) is 81.4 Å². The Labute approximate surface area is 179 Å². The summed E-state index contributed by atoms with van der Waals surface area (Å²) in [6, 6.07) is -0.532. The molecular weight excluding hydrogens is 364 g/mol. The number of unbranched alkanes of at least 4 members (excludes halogenated alkanes) is 13. The number of carbonyl (C=O) groups excluding carboxylic acids is 2. The van der Waals surface area contributed by atoms with E-state index in [1.165, 1.54) is 70.6 Å². The van der Waals surface area contributed by atoms with Gasteiger partial charge in [0, 0.05) is 6.42 Å². The molecule has 1 atom stereocenters. The Kier molecular flexibility index (Phi) is 20.8. The summed E-state index contributed by atoms with van der Waals surface area (Å²) in [7, 11) is 0. The molecule has 1 unspecified atom stereocenters. The molecular formula is C24H48N2O3. The molecule has 29 heavy (non-hydrogen) atoms. The highest BCUT2D eigenvalue weighted by Crippen LogP contribution is 2.13. The summed E-state index contributed by atoms with van der Waals surface area (Å²) in [6.07, 6.45) is 19.5. The average Bonchev–Trinajstić information content (AvgIpc) is 2.71. The zero-order valence-corrected chi connectivity index (χ0v) is 19.3. The van der Waals surface area contributed by atoms with Gasteiger partial charge < -0.3 is 15.8 Å². The molecule has 3 N–H and O–H groups in total. The number of carbonyl (C=O) groups is 2. The fourth-order valence-corrected chi connectivity index (χ4v) is 3.55. The van der Waals surface area contributed by atoms with Crippen LogP contribution in [-0.4, -0.2) is 31.1 Å². The molecule has 0 saturated carbocycles. The van der Waals surface area contributed by atoms with E-state index < -0.39 is 6.04 Å². The van der Waals surface area contributed by atoms with Crippen LogP contribution in [-0.2, 0) is 14.3 Å². The van der Waals surface area contributed by atoms with Gasteiger partial charge in [0.15, 0.2) is 0 Å². The van der Waals surface area contributed by atoms with Gasteiger partial charge in [-0.25, -0.2) is 4.79 Å². The Bertz CT molecular complexity index is 388. The monoisotopic (exact) mass is 412 g/mol. The van der Waals surface area contributed by atoms with Crippen molar-refractivity contribution in [1.29, 1.82) is 0 Å². The zero-order valence-electron chi connectivity index (χ0n) is 19.3. The Balaban J connectivity index is 3.66. The minimum Gasteiger partial charge on any atom is -0.464 e. The molecule has 0 fully saturated rings. The van der Waals surface area contributed by atoms with Gasteiger partial charge in [0.05, 0.1) is 6.61 Å². The predicted molar refractivity (Wildman–Crippen MR) is 122 cm³/mol. The lowest BCUT2D eigenvalue weighted by Crippen LogP contribution is -2.41. The molecule has 5 nitrogen and oxygen atoms in total. The van der Waals surface area contributed by atoms with Crippen LogP contribution in [0.15, 0.2) is 0 Å². The van der Waals surface area contributed by atoms with Gasteiger partial charge in [0.1, 0.15) is 6.04 Å². The van der Waals surface area contributed by atoms with Crippen molar-refractivity contribution in [2.45, 2.75) is 129 Å². The minimum absolute atomic E-state index is 0.0427. The first kappa shape index (κ1) is 27.9. The summed E-state index contributed by atoms with van der Waals surface area (Å²) in [4.78, 5) is 24.1. The fourth-order valence-electron chi connectivity index (χ4n) is 3.55. The van der Waals surface area contributed by atoms with Crippen molar-refractivity contribution in [3.05, 3.63) is 0 Å². The van der Waals surface area contributed by atoms with Gasteiger partial charge in [-0.15, -0.1) is 0 Å². The van der Waals surface area contributed by atoms with E-state index >= 15 is 0 Å². The third-order valence-electron chi connectivity index (χ3n) is 5.36. The summed E-state index contributed by atoms with van der Waals surface area (Å²) >= 11 is 0. The van der Waals surface area contributed by atoms with Crippen molar-refractivity contribution in [1.82, 2.24) is 5.32 Å². The van der Waals surface area contributed by atoms with Crippen LogP contribution in [0.1, 0.15) is 123 Å². The number of nitrogens with one attached hydrogen (secondary N) is 1. The second-order valence-electron chi connectivity index (χ2n) is 8.15. The number of hydrogen-bond acceptors (Lipinski definition) is 4. The second-order valence-corrected chi connectivity index (χ2v) is 8.15. The summed E-state index contributed by atoms with van der Waals surface area (Å²) in [5.41, 5.74) is 5.51. The largest absolute Gasteiger partial charge is 0.464 e. The number of ether oxygens (including phenoxy) is 1. The second kappa shape index (κ2) is 21.6. The van der Waals surface area contributed by atoms with Gasteiger partial charge in [-0.3, -0.25) is 4.79 Å². The van der Waals surface area contributed by atoms with Crippen molar-refractivity contribution >= 4 is 11.9 Å². The molecule has 172 valence electrons. The van der Waals surface area contributed by atoms with E-state index in [0.29, 0.717) is 26.0 Å². The summed E-state index contributed by atoms with van der Waals surface area (Å²) < 4.78 is 5.07. The molecule has 0 saturated heterocycles. The van der Waals surface area contributed by atoms with E-state index in [2.05, 4.69) is 12.2 Å². The van der Waals surface area contributed by atoms with E-state index in [-0.39, 0.29) is 11.9 Å². The molecule has 0 aromatic heterocycles. The summed E-state index contributed by atoms with van der Waals surface area (Å²) in [6.45, 7) is 4.98. The highest BCUT2D eigenvalue weighted by atomic mass is 16.5. The van der Waals surface area contributed by atoms with E-state index in [4.69, 9.17) is 10.5 Å². The molecule has 0 aromatic rings. The van der Waals surface area contributed by atoms with E-state index in [1.807, 2.05) is 0 Å². The number of rotatable bonds is 21. The SMILES string of the molecule is CCCCCCCCCCCCCCCC(=O)NC(CCCCN)C(=O)OCC. The maximum absolute atomic E-state index is 12.2. The minimum atomic E-state index is -0.532. The van der Waals surface area contributed by atoms with E-state index in [1.54, 1.807) is 6.92 Å². The number of nitrogens with two attached hydrogens (primary N) is 1. The number of hydrogen-bond donors (Lipinski definition) is 2. The van der Waals surface area contributed by atoms with Crippen LogP contribution in [0.3, 0.4) is 0 Å². The summed E-state index contributed by atoms with van der Waals surface area (Å²) in [5, 5.41) is 2.85. The van der Waals surface area contributed by atoms with Crippen LogP contribution >= 0.6 is 0 Å². The van der Waals surface area contributed by atoms with Crippen molar-refractivity contribution in [3.63, 3.8) is 0 Å². The smallest absolute Gasteiger partial charge is 0.328 e. The Hall–Kier alpha value is -1.10. The van der Waals surface area contributed by atoms with Gasteiger partial charge in [0.25, 0.3) is 0 Å². The van der Waals surface area contributed by atoms with Crippen LogP contribution in [0, 0.1) is 0 Å². The highest BCUT2D eigenvalue weighted by molar-refractivity contribution is 5.84.